The lowest BCUT2D eigenvalue weighted by Gasteiger charge is -2.27. The Kier molecular flexibility index (Phi) is 4.00. The van der Waals surface area contributed by atoms with Gasteiger partial charge in [-0.25, -0.2) is 9.97 Å². The second kappa shape index (κ2) is 6.34. The topological polar surface area (TPSA) is 102 Å². The van der Waals surface area contributed by atoms with Gasteiger partial charge < -0.3 is 10.2 Å². The maximum atomic E-state index is 12.8. The van der Waals surface area contributed by atoms with Gasteiger partial charge in [0.2, 0.25) is 5.82 Å². The van der Waals surface area contributed by atoms with Crippen LogP contribution in [0.2, 0.25) is 0 Å². The summed E-state index contributed by atoms with van der Waals surface area (Å²) < 4.78 is 5.63. The van der Waals surface area contributed by atoms with Crippen LogP contribution in [0.25, 0.3) is 11.0 Å². The molecule has 7 heteroatoms. The molecule has 0 saturated carbocycles. The van der Waals surface area contributed by atoms with Gasteiger partial charge in [0.25, 0.3) is 5.91 Å². The molecule has 0 radical (unpaired) electrons. The highest BCUT2D eigenvalue weighted by molar-refractivity contribution is 5.88. The molecule has 0 aliphatic carbocycles. The van der Waals surface area contributed by atoms with Crippen molar-refractivity contribution in [2.75, 3.05) is 6.54 Å². The zero-order chi connectivity index (χ0) is 18.3. The summed E-state index contributed by atoms with van der Waals surface area (Å²) in [5.74, 6) is -0.623. The van der Waals surface area contributed by atoms with E-state index in [-0.39, 0.29) is 11.3 Å². The third kappa shape index (κ3) is 2.97. The first-order valence-corrected chi connectivity index (χ1v) is 8.39. The number of aromatic nitrogens is 2. The monoisotopic (exact) mass is 350 g/mol. The van der Waals surface area contributed by atoms with E-state index in [1.165, 1.54) is 6.26 Å². The van der Waals surface area contributed by atoms with Crippen molar-refractivity contribution in [2.24, 2.45) is 5.73 Å². The first kappa shape index (κ1) is 16.4. The van der Waals surface area contributed by atoms with Crippen LogP contribution >= 0.6 is 0 Å². The summed E-state index contributed by atoms with van der Waals surface area (Å²) in [5, 5.41) is 0.596. The van der Waals surface area contributed by atoms with Crippen molar-refractivity contribution in [3.8, 4) is 0 Å². The number of fused-ring (bicyclic) bond motifs is 2. The zero-order valence-electron chi connectivity index (χ0n) is 14.4. The maximum Gasteiger partial charge on any atom is 0.286 e. The van der Waals surface area contributed by atoms with Crippen molar-refractivity contribution in [3.05, 3.63) is 69.1 Å². The molecule has 0 fully saturated rings. The molecule has 132 valence electrons. The quantitative estimate of drug-likeness (QED) is 0.769. The highest BCUT2D eigenvalue weighted by Crippen LogP contribution is 2.19. The summed E-state index contributed by atoms with van der Waals surface area (Å²) in [6.45, 7) is 3.71. The van der Waals surface area contributed by atoms with Crippen LogP contribution in [0, 0.1) is 6.92 Å². The van der Waals surface area contributed by atoms with Crippen LogP contribution in [0.3, 0.4) is 0 Å². The van der Waals surface area contributed by atoms with Crippen molar-refractivity contribution < 1.29 is 9.21 Å². The van der Waals surface area contributed by atoms with Crippen LogP contribution in [-0.2, 0) is 19.5 Å². The third-order valence-corrected chi connectivity index (χ3v) is 4.64. The molecule has 4 rings (SSSR count). The molecule has 1 aliphatic heterocycles. The Morgan fingerprint density at radius 3 is 3.04 bits per heavy atom. The summed E-state index contributed by atoms with van der Waals surface area (Å²) in [7, 11) is 0. The number of amides is 1. The van der Waals surface area contributed by atoms with E-state index in [9.17, 15) is 9.59 Å². The Bertz CT molecular complexity index is 1070. The molecule has 1 aromatic carbocycles. The number of benzene rings is 1. The Morgan fingerprint density at radius 1 is 1.38 bits per heavy atom. The van der Waals surface area contributed by atoms with E-state index in [0.29, 0.717) is 29.6 Å². The largest absolute Gasteiger partial charge is 0.464 e. The Balaban J connectivity index is 1.62. The molecule has 2 N–H and O–H groups in total. The van der Waals surface area contributed by atoms with Gasteiger partial charge >= 0.3 is 0 Å². The minimum atomic E-state index is -0.643. The molecular weight excluding hydrogens is 332 g/mol. The fraction of sp³-hybridized carbons (Fsp3) is 0.263. The van der Waals surface area contributed by atoms with Gasteiger partial charge in [0, 0.05) is 31.4 Å². The predicted molar refractivity (Wildman–Crippen MR) is 95.6 cm³/mol. The molecule has 0 bridgehead atoms. The van der Waals surface area contributed by atoms with Gasteiger partial charge in [0.1, 0.15) is 5.58 Å². The number of rotatable bonds is 3. The van der Waals surface area contributed by atoms with Gasteiger partial charge in [-0.15, -0.1) is 0 Å². The number of carbonyl (C=O) groups is 1. The van der Waals surface area contributed by atoms with Crippen molar-refractivity contribution in [1.29, 1.82) is 0 Å². The van der Waals surface area contributed by atoms with Gasteiger partial charge in [-0.3, -0.25) is 14.5 Å². The fourth-order valence-electron chi connectivity index (χ4n) is 3.25. The SMILES string of the molecule is Cc1ccc2occ(CN3CCc4cnc(C(N)=O)nc4C3)c(=O)c2c1. The molecule has 1 amide bonds. The van der Waals surface area contributed by atoms with Crippen molar-refractivity contribution >= 4 is 16.9 Å². The van der Waals surface area contributed by atoms with Crippen molar-refractivity contribution in [1.82, 2.24) is 14.9 Å². The van der Waals surface area contributed by atoms with Gasteiger partial charge in [-0.1, -0.05) is 11.6 Å². The average Bonchev–Trinajstić information content (AvgIpc) is 2.64. The first-order chi connectivity index (χ1) is 12.5. The van der Waals surface area contributed by atoms with Crippen LogP contribution in [-0.4, -0.2) is 27.3 Å². The molecule has 3 heterocycles. The zero-order valence-corrected chi connectivity index (χ0v) is 14.4. The maximum absolute atomic E-state index is 12.8. The van der Waals surface area contributed by atoms with Crippen LogP contribution in [0.5, 0.6) is 0 Å². The van der Waals surface area contributed by atoms with E-state index in [0.717, 1.165) is 29.8 Å². The van der Waals surface area contributed by atoms with Crippen LogP contribution in [0.1, 0.15) is 33.0 Å². The number of hydrogen-bond donors (Lipinski definition) is 1. The summed E-state index contributed by atoms with van der Waals surface area (Å²) in [6, 6.07) is 5.58. The van der Waals surface area contributed by atoms with Crippen molar-refractivity contribution in [3.63, 3.8) is 0 Å². The number of aryl methyl sites for hydroxylation is 1. The normalized spacial score (nSPS) is 14.3. The summed E-state index contributed by atoms with van der Waals surface area (Å²) in [4.78, 5) is 34.4. The van der Waals surface area contributed by atoms with Gasteiger partial charge in [0.05, 0.1) is 17.3 Å². The van der Waals surface area contributed by atoms with Gasteiger partial charge in [0.15, 0.2) is 5.43 Å². The number of hydrogen-bond acceptors (Lipinski definition) is 6. The summed E-state index contributed by atoms with van der Waals surface area (Å²) in [5.41, 5.74) is 9.25. The molecule has 0 atom stereocenters. The highest BCUT2D eigenvalue weighted by atomic mass is 16.3. The average molecular weight is 350 g/mol. The van der Waals surface area contributed by atoms with Crippen LogP contribution in [0.4, 0.5) is 0 Å². The Morgan fingerprint density at radius 2 is 2.23 bits per heavy atom. The van der Waals surface area contributed by atoms with Gasteiger partial charge in [-0.2, -0.15) is 0 Å². The minimum absolute atomic E-state index is 0.0127. The van der Waals surface area contributed by atoms with Crippen molar-refractivity contribution in [2.45, 2.75) is 26.4 Å². The van der Waals surface area contributed by atoms with Crippen LogP contribution in [0.15, 0.2) is 39.9 Å². The Labute approximate surface area is 149 Å². The molecule has 0 spiro atoms. The lowest BCUT2D eigenvalue weighted by molar-refractivity contribution is 0.0989. The van der Waals surface area contributed by atoms with E-state index in [2.05, 4.69) is 14.9 Å². The smallest absolute Gasteiger partial charge is 0.286 e. The predicted octanol–water partition coefficient (Wildman–Crippen LogP) is 1.55. The number of carbonyl (C=O) groups excluding carboxylic acids is 1. The first-order valence-electron chi connectivity index (χ1n) is 8.39. The van der Waals surface area contributed by atoms with E-state index in [1.54, 1.807) is 6.20 Å². The molecule has 3 aromatic rings. The molecule has 2 aromatic heterocycles. The number of nitrogens with two attached hydrogens (primary N) is 1. The van der Waals surface area contributed by atoms with E-state index in [1.807, 2.05) is 25.1 Å². The van der Waals surface area contributed by atoms with Crippen LogP contribution < -0.4 is 11.2 Å². The molecule has 7 nitrogen and oxygen atoms in total. The third-order valence-electron chi connectivity index (χ3n) is 4.64. The number of primary amides is 1. The highest BCUT2D eigenvalue weighted by Gasteiger charge is 2.21. The van der Waals surface area contributed by atoms with E-state index in [4.69, 9.17) is 10.2 Å². The van der Waals surface area contributed by atoms with Gasteiger partial charge in [-0.05, 0) is 31.0 Å². The molecule has 1 aliphatic rings. The second-order valence-corrected chi connectivity index (χ2v) is 6.58. The molecule has 26 heavy (non-hydrogen) atoms. The minimum Gasteiger partial charge on any atom is -0.464 e. The molecular formula is C19H18N4O3. The van der Waals surface area contributed by atoms with E-state index >= 15 is 0 Å². The number of nitrogens with zero attached hydrogens (tertiary/aromatic N) is 3. The lowest BCUT2D eigenvalue weighted by atomic mass is 10.1. The summed E-state index contributed by atoms with van der Waals surface area (Å²) >= 11 is 0. The fourth-order valence-corrected chi connectivity index (χ4v) is 3.25. The summed E-state index contributed by atoms with van der Waals surface area (Å²) in [6.07, 6.45) is 3.95. The molecule has 0 unspecified atom stereocenters. The Hall–Kier alpha value is -3.06. The second-order valence-electron chi connectivity index (χ2n) is 6.58. The lowest BCUT2D eigenvalue weighted by Crippen LogP contribution is -2.33. The molecule has 0 saturated heterocycles. The standard InChI is InChI=1S/C19H18N4O3/c1-11-2-3-16-14(6-11)17(24)13(10-26-16)8-23-5-4-12-7-21-19(18(20)25)22-15(12)9-23/h2-3,6-7,10H,4-5,8-9H2,1H3,(H2,20,25). The van der Waals surface area contributed by atoms with E-state index < -0.39 is 5.91 Å².